The molecule has 28 heavy (non-hydrogen) atoms. The number of aromatic amines is 1. The lowest BCUT2D eigenvalue weighted by molar-refractivity contribution is -0.136. The van der Waals surface area contributed by atoms with Crippen LogP contribution in [-0.2, 0) is 9.59 Å². The van der Waals surface area contributed by atoms with E-state index in [1.165, 1.54) is 29.2 Å². The van der Waals surface area contributed by atoms with E-state index in [0.717, 1.165) is 19.3 Å². The Balaban J connectivity index is 1.64. The van der Waals surface area contributed by atoms with E-state index >= 15 is 0 Å². The van der Waals surface area contributed by atoms with Crippen molar-refractivity contribution in [3.05, 3.63) is 45.5 Å². The van der Waals surface area contributed by atoms with Gasteiger partial charge in [-0.3, -0.25) is 19.4 Å². The van der Waals surface area contributed by atoms with Gasteiger partial charge in [-0.1, -0.05) is 11.6 Å². The van der Waals surface area contributed by atoms with E-state index in [4.69, 9.17) is 0 Å². The summed E-state index contributed by atoms with van der Waals surface area (Å²) in [5.41, 5.74) is 2.11. The van der Waals surface area contributed by atoms with Gasteiger partial charge < -0.3 is 10.6 Å². The minimum Gasteiger partial charge on any atom is -0.348 e. The van der Waals surface area contributed by atoms with Crippen molar-refractivity contribution < 1.29 is 9.59 Å². The van der Waals surface area contributed by atoms with Crippen LogP contribution in [0.4, 0.5) is 5.82 Å². The van der Waals surface area contributed by atoms with E-state index in [9.17, 15) is 14.4 Å². The van der Waals surface area contributed by atoms with Crippen molar-refractivity contribution in [2.75, 3.05) is 11.9 Å². The highest BCUT2D eigenvalue weighted by Gasteiger charge is 2.18. The number of aromatic nitrogens is 4. The van der Waals surface area contributed by atoms with Crippen molar-refractivity contribution in [1.82, 2.24) is 25.1 Å². The summed E-state index contributed by atoms with van der Waals surface area (Å²) in [5.74, 6) is -1.10. The van der Waals surface area contributed by atoms with Gasteiger partial charge in [-0.25, -0.2) is 4.98 Å². The molecule has 3 N–H and O–H groups in total. The van der Waals surface area contributed by atoms with E-state index in [1.54, 1.807) is 19.9 Å². The fourth-order valence-corrected chi connectivity index (χ4v) is 3.14. The quantitative estimate of drug-likeness (QED) is 0.533. The van der Waals surface area contributed by atoms with Crippen molar-refractivity contribution in [3.63, 3.8) is 0 Å². The minimum atomic E-state index is -0.797. The first-order chi connectivity index (χ1) is 13.4. The van der Waals surface area contributed by atoms with Gasteiger partial charge in [-0.15, -0.1) is 0 Å². The van der Waals surface area contributed by atoms with Crippen molar-refractivity contribution in [2.45, 2.75) is 46.0 Å². The molecule has 0 fully saturated rings. The molecule has 0 aromatic carbocycles. The Hall–Kier alpha value is -3.23. The average Bonchev–Trinajstić information content (AvgIpc) is 3.02. The molecular formula is C19H24N6O3. The number of nitrogens with zero attached hydrogens (tertiary/aromatic N) is 3. The Morgan fingerprint density at radius 1 is 1.18 bits per heavy atom. The summed E-state index contributed by atoms with van der Waals surface area (Å²) in [6.45, 7) is 3.84. The van der Waals surface area contributed by atoms with Crippen LogP contribution in [-0.4, -0.2) is 38.1 Å². The summed E-state index contributed by atoms with van der Waals surface area (Å²) < 4.78 is 1.29. The molecule has 0 radical (unpaired) electrons. The standard InChI is InChI=1S/C19H24N6O3/c1-12-11-16(26)23-19(21-12)25-15(10-13(2)24-25)22-18(28)17(27)20-9-8-14-6-4-3-5-7-14/h6,10-11H,3-5,7-9H2,1-2H3,(H,20,27)(H,22,28)(H,21,23,26). The largest absolute Gasteiger partial charge is 0.348 e. The zero-order chi connectivity index (χ0) is 20.1. The maximum Gasteiger partial charge on any atom is 0.314 e. The van der Waals surface area contributed by atoms with Gasteiger partial charge in [-0.05, 0) is 46.0 Å². The molecule has 2 heterocycles. The van der Waals surface area contributed by atoms with Crippen molar-refractivity contribution in [1.29, 1.82) is 0 Å². The summed E-state index contributed by atoms with van der Waals surface area (Å²) in [5, 5.41) is 9.40. The summed E-state index contributed by atoms with van der Waals surface area (Å²) in [6, 6.07) is 2.95. The van der Waals surface area contributed by atoms with Crippen molar-refractivity contribution in [3.8, 4) is 5.95 Å². The number of rotatable bonds is 5. The molecule has 0 saturated carbocycles. The lowest BCUT2D eigenvalue weighted by Crippen LogP contribution is -2.36. The highest BCUT2D eigenvalue weighted by Crippen LogP contribution is 2.19. The maximum atomic E-state index is 12.3. The van der Waals surface area contributed by atoms with Gasteiger partial charge >= 0.3 is 11.8 Å². The number of allylic oxidation sites excluding steroid dienone is 1. The molecule has 1 aliphatic rings. The molecule has 0 atom stereocenters. The average molecular weight is 384 g/mol. The zero-order valence-corrected chi connectivity index (χ0v) is 16.0. The Morgan fingerprint density at radius 3 is 2.71 bits per heavy atom. The lowest BCUT2D eigenvalue weighted by Gasteiger charge is -2.13. The minimum absolute atomic E-state index is 0.165. The number of aryl methyl sites for hydroxylation is 2. The molecule has 9 heteroatoms. The Kier molecular flexibility index (Phi) is 6.03. The molecule has 9 nitrogen and oxygen atoms in total. The van der Waals surface area contributed by atoms with E-state index in [2.05, 4.69) is 31.8 Å². The summed E-state index contributed by atoms with van der Waals surface area (Å²) >= 11 is 0. The van der Waals surface area contributed by atoms with Crippen LogP contribution in [0, 0.1) is 13.8 Å². The van der Waals surface area contributed by atoms with Gasteiger partial charge in [0.15, 0.2) is 0 Å². The fraction of sp³-hybridized carbons (Fsp3) is 0.421. The monoisotopic (exact) mass is 384 g/mol. The topological polar surface area (TPSA) is 122 Å². The fourth-order valence-electron chi connectivity index (χ4n) is 3.14. The Labute approximate surface area is 162 Å². The highest BCUT2D eigenvalue weighted by atomic mass is 16.2. The molecule has 148 valence electrons. The number of anilines is 1. The predicted octanol–water partition coefficient (Wildman–Crippen LogP) is 1.52. The molecule has 2 aromatic heterocycles. The second kappa shape index (κ2) is 8.64. The smallest absolute Gasteiger partial charge is 0.314 e. The number of hydrogen-bond acceptors (Lipinski definition) is 5. The van der Waals surface area contributed by atoms with Crippen molar-refractivity contribution >= 4 is 17.6 Å². The third-order valence-electron chi connectivity index (χ3n) is 4.45. The number of amides is 2. The number of carbonyl (C=O) groups is 2. The Morgan fingerprint density at radius 2 is 2.00 bits per heavy atom. The van der Waals surface area contributed by atoms with E-state index < -0.39 is 11.8 Å². The molecular weight excluding hydrogens is 360 g/mol. The third-order valence-corrected chi connectivity index (χ3v) is 4.45. The molecule has 0 spiro atoms. The van der Waals surface area contributed by atoms with Gasteiger partial charge in [0.05, 0.1) is 5.69 Å². The molecule has 0 bridgehead atoms. The number of carbonyl (C=O) groups excluding carboxylic acids is 2. The van der Waals surface area contributed by atoms with E-state index in [1.807, 2.05) is 0 Å². The summed E-state index contributed by atoms with van der Waals surface area (Å²) in [4.78, 5) is 42.8. The molecule has 3 rings (SSSR count). The van der Waals surface area contributed by atoms with Crippen LogP contribution in [0.15, 0.2) is 28.6 Å². The van der Waals surface area contributed by atoms with E-state index in [-0.39, 0.29) is 17.3 Å². The molecule has 2 aromatic rings. The number of nitrogens with one attached hydrogen (secondary N) is 3. The van der Waals surface area contributed by atoms with Gasteiger partial charge in [0.25, 0.3) is 5.56 Å². The molecule has 0 unspecified atom stereocenters. The Bertz CT molecular complexity index is 972. The summed E-state index contributed by atoms with van der Waals surface area (Å²) in [7, 11) is 0. The second-order valence-corrected chi connectivity index (χ2v) is 6.86. The molecule has 1 aliphatic carbocycles. The van der Waals surface area contributed by atoms with Gasteiger partial charge in [-0.2, -0.15) is 9.78 Å². The molecule has 2 amide bonds. The van der Waals surface area contributed by atoms with E-state index in [0.29, 0.717) is 17.9 Å². The van der Waals surface area contributed by atoms with Gasteiger partial charge in [0.2, 0.25) is 5.95 Å². The zero-order valence-electron chi connectivity index (χ0n) is 16.0. The first kappa shape index (κ1) is 19.5. The van der Waals surface area contributed by atoms with Crippen molar-refractivity contribution in [2.24, 2.45) is 0 Å². The van der Waals surface area contributed by atoms with Crippen LogP contribution in [0.25, 0.3) is 5.95 Å². The second-order valence-electron chi connectivity index (χ2n) is 6.86. The lowest BCUT2D eigenvalue weighted by atomic mass is 9.97. The van der Waals surface area contributed by atoms with Crippen LogP contribution < -0.4 is 16.2 Å². The predicted molar refractivity (Wildman–Crippen MR) is 104 cm³/mol. The van der Waals surface area contributed by atoms with Gasteiger partial charge in [0.1, 0.15) is 5.82 Å². The molecule has 0 aliphatic heterocycles. The maximum absolute atomic E-state index is 12.3. The van der Waals surface area contributed by atoms with Gasteiger partial charge in [0, 0.05) is 24.4 Å². The van der Waals surface area contributed by atoms with Crippen LogP contribution in [0.3, 0.4) is 0 Å². The van der Waals surface area contributed by atoms with Crippen LogP contribution in [0.5, 0.6) is 0 Å². The number of H-pyrrole nitrogens is 1. The SMILES string of the molecule is Cc1cc(=O)[nH]c(-n2nc(C)cc2NC(=O)C(=O)NCCC2=CCCCC2)n1. The van der Waals surface area contributed by atoms with Crippen LogP contribution >= 0.6 is 0 Å². The first-order valence-electron chi connectivity index (χ1n) is 9.34. The number of hydrogen-bond donors (Lipinski definition) is 3. The highest BCUT2D eigenvalue weighted by molar-refractivity contribution is 6.39. The summed E-state index contributed by atoms with van der Waals surface area (Å²) in [6.07, 6.45) is 7.51. The van der Waals surface area contributed by atoms with Crippen LogP contribution in [0.1, 0.15) is 43.5 Å². The normalized spacial score (nSPS) is 13.7. The molecule has 0 saturated heterocycles. The first-order valence-corrected chi connectivity index (χ1v) is 9.34. The van der Waals surface area contributed by atoms with Crippen LogP contribution in [0.2, 0.25) is 0 Å². The third kappa shape index (κ3) is 4.93.